The van der Waals surface area contributed by atoms with Crippen molar-refractivity contribution in [3.63, 3.8) is 0 Å². The topological polar surface area (TPSA) is 73.8 Å². The van der Waals surface area contributed by atoms with Gasteiger partial charge in [-0.2, -0.15) is 4.31 Å². The maximum atomic E-state index is 12.5. The van der Waals surface area contributed by atoms with E-state index in [2.05, 4.69) is 22.5 Å². The molecule has 1 aliphatic heterocycles. The zero-order valence-corrected chi connectivity index (χ0v) is 16.1. The molecule has 7 heteroatoms. The van der Waals surface area contributed by atoms with Gasteiger partial charge in [0.2, 0.25) is 10.0 Å². The SMILES string of the molecule is CCCCCNC(=NC)NCc1ccc(S(=O)(=O)N2CCCC2)cc1. The van der Waals surface area contributed by atoms with Crippen molar-refractivity contribution < 1.29 is 8.42 Å². The quantitative estimate of drug-likeness (QED) is 0.421. The summed E-state index contributed by atoms with van der Waals surface area (Å²) in [5.41, 5.74) is 1.02. The first-order valence-electron chi connectivity index (χ1n) is 9.11. The van der Waals surface area contributed by atoms with Gasteiger partial charge in [-0.25, -0.2) is 8.42 Å². The van der Waals surface area contributed by atoms with Crippen LogP contribution in [0.2, 0.25) is 0 Å². The largest absolute Gasteiger partial charge is 0.356 e. The van der Waals surface area contributed by atoms with E-state index >= 15 is 0 Å². The van der Waals surface area contributed by atoms with Crippen molar-refractivity contribution in [3.8, 4) is 0 Å². The molecule has 1 saturated heterocycles. The van der Waals surface area contributed by atoms with Gasteiger partial charge in [0.15, 0.2) is 5.96 Å². The predicted molar refractivity (Wildman–Crippen MR) is 102 cm³/mol. The number of hydrogen-bond acceptors (Lipinski definition) is 3. The van der Waals surface area contributed by atoms with E-state index in [0.29, 0.717) is 24.5 Å². The molecule has 0 bridgehead atoms. The van der Waals surface area contributed by atoms with E-state index in [-0.39, 0.29) is 0 Å². The van der Waals surface area contributed by atoms with E-state index in [9.17, 15) is 8.42 Å². The average molecular weight is 367 g/mol. The van der Waals surface area contributed by atoms with Gasteiger partial charge in [-0.15, -0.1) is 0 Å². The Morgan fingerprint density at radius 1 is 1.12 bits per heavy atom. The minimum absolute atomic E-state index is 0.375. The fourth-order valence-electron chi connectivity index (χ4n) is 2.85. The summed E-state index contributed by atoms with van der Waals surface area (Å²) in [6, 6.07) is 7.12. The van der Waals surface area contributed by atoms with Gasteiger partial charge in [-0.3, -0.25) is 4.99 Å². The molecule has 0 aliphatic carbocycles. The summed E-state index contributed by atoms with van der Waals surface area (Å²) in [7, 11) is -1.58. The molecule has 1 aliphatic rings. The number of nitrogens with zero attached hydrogens (tertiary/aromatic N) is 2. The third-order valence-corrected chi connectivity index (χ3v) is 6.30. The fraction of sp³-hybridized carbons (Fsp3) is 0.611. The molecule has 25 heavy (non-hydrogen) atoms. The van der Waals surface area contributed by atoms with E-state index < -0.39 is 10.0 Å². The summed E-state index contributed by atoms with van der Waals surface area (Å²) in [5.74, 6) is 0.768. The monoisotopic (exact) mass is 366 g/mol. The minimum Gasteiger partial charge on any atom is -0.356 e. The second-order valence-corrected chi connectivity index (χ2v) is 8.25. The molecule has 0 spiro atoms. The van der Waals surface area contributed by atoms with E-state index in [1.54, 1.807) is 23.5 Å². The Bertz CT molecular complexity index is 650. The number of guanidine groups is 1. The van der Waals surface area contributed by atoms with E-state index in [0.717, 1.165) is 37.3 Å². The number of rotatable bonds is 8. The van der Waals surface area contributed by atoms with Gasteiger partial charge in [0, 0.05) is 33.2 Å². The van der Waals surface area contributed by atoms with Crippen molar-refractivity contribution in [1.29, 1.82) is 0 Å². The van der Waals surface area contributed by atoms with Gasteiger partial charge in [-0.05, 0) is 37.0 Å². The highest BCUT2D eigenvalue weighted by atomic mass is 32.2. The van der Waals surface area contributed by atoms with Crippen LogP contribution in [-0.2, 0) is 16.6 Å². The lowest BCUT2D eigenvalue weighted by atomic mass is 10.2. The molecule has 6 nitrogen and oxygen atoms in total. The van der Waals surface area contributed by atoms with Crippen LogP contribution in [0.25, 0.3) is 0 Å². The molecule has 0 amide bonds. The Kier molecular flexibility index (Phi) is 7.71. The van der Waals surface area contributed by atoms with Crippen molar-refractivity contribution in [3.05, 3.63) is 29.8 Å². The molecule has 0 saturated carbocycles. The summed E-state index contributed by atoms with van der Waals surface area (Å²) >= 11 is 0. The zero-order chi connectivity index (χ0) is 18.1. The van der Waals surface area contributed by atoms with Gasteiger partial charge < -0.3 is 10.6 Å². The molecule has 1 aromatic rings. The van der Waals surface area contributed by atoms with Crippen molar-refractivity contribution in [2.45, 2.75) is 50.5 Å². The molecular weight excluding hydrogens is 336 g/mol. The van der Waals surface area contributed by atoms with Gasteiger partial charge in [0.1, 0.15) is 0 Å². The van der Waals surface area contributed by atoms with E-state index in [1.807, 2.05) is 12.1 Å². The smallest absolute Gasteiger partial charge is 0.243 e. The number of nitrogens with one attached hydrogen (secondary N) is 2. The van der Waals surface area contributed by atoms with Crippen LogP contribution >= 0.6 is 0 Å². The second kappa shape index (κ2) is 9.77. The fourth-order valence-corrected chi connectivity index (χ4v) is 4.36. The van der Waals surface area contributed by atoms with Crippen LogP contribution in [0.5, 0.6) is 0 Å². The molecule has 1 fully saturated rings. The van der Waals surface area contributed by atoms with Gasteiger partial charge in [0.25, 0.3) is 0 Å². The number of sulfonamides is 1. The molecular formula is C18H30N4O2S. The lowest BCUT2D eigenvalue weighted by molar-refractivity contribution is 0.477. The molecule has 0 atom stereocenters. The summed E-state index contributed by atoms with van der Waals surface area (Å²) in [6.07, 6.45) is 5.43. The highest BCUT2D eigenvalue weighted by Gasteiger charge is 2.26. The Morgan fingerprint density at radius 3 is 2.40 bits per heavy atom. The van der Waals surface area contributed by atoms with Crippen LogP contribution in [0.4, 0.5) is 0 Å². The van der Waals surface area contributed by atoms with Crippen LogP contribution < -0.4 is 10.6 Å². The molecule has 0 aromatic heterocycles. The Hall–Kier alpha value is -1.60. The van der Waals surface area contributed by atoms with Crippen molar-refractivity contribution >= 4 is 16.0 Å². The third-order valence-electron chi connectivity index (χ3n) is 4.38. The van der Waals surface area contributed by atoms with Crippen LogP contribution in [0.3, 0.4) is 0 Å². The number of unbranched alkanes of at least 4 members (excludes halogenated alkanes) is 2. The summed E-state index contributed by atoms with van der Waals surface area (Å²) in [6.45, 7) is 4.95. The minimum atomic E-state index is -3.33. The van der Waals surface area contributed by atoms with E-state index in [4.69, 9.17) is 0 Å². The number of aliphatic imine (C=N–C) groups is 1. The first-order chi connectivity index (χ1) is 12.1. The highest BCUT2D eigenvalue weighted by molar-refractivity contribution is 7.89. The predicted octanol–water partition coefficient (Wildman–Crippen LogP) is 2.33. The van der Waals surface area contributed by atoms with Gasteiger partial charge in [0.05, 0.1) is 4.90 Å². The summed E-state index contributed by atoms with van der Waals surface area (Å²) in [5, 5.41) is 6.54. The van der Waals surface area contributed by atoms with Crippen LogP contribution in [0, 0.1) is 0 Å². The van der Waals surface area contributed by atoms with Gasteiger partial charge >= 0.3 is 0 Å². The van der Waals surface area contributed by atoms with Crippen molar-refractivity contribution in [2.75, 3.05) is 26.7 Å². The van der Waals surface area contributed by atoms with Gasteiger partial charge in [-0.1, -0.05) is 31.9 Å². The van der Waals surface area contributed by atoms with Crippen LogP contribution in [-0.4, -0.2) is 45.4 Å². The molecule has 0 radical (unpaired) electrons. The molecule has 1 heterocycles. The summed E-state index contributed by atoms with van der Waals surface area (Å²) in [4.78, 5) is 4.58. The first-order valence-corrected chi connectivity index (χ1v) is 10.6. The average Bonchev–Trinajstić information content (AvgIpc) is 3.17. The normalized spacial score (nSPS) is 16.2. The molecule has 0 unspecified atom stereocenters. The zero-order valence-electron chi connectivity index (χ0n) is 15.3. The second-order valence-electron chi connectivity index (χ2n) is 6.31. The molecule has 140 valence electrons. The van der Waals surface area contributed by atoms with Crippen LogP contribution in [0.15, 0.2) is 34.2 Å². The summed E-state index contributed by atoms with van der Waals surface area (Å²) < 4.78 is 26.6. The van der Waals surface area contributed by atoms with E-state index in [1.165, 1.54) is 12.8 Å². The molecule has 1 aromatic carbocycles. The maximum absolute atomic E-state index is 12.5. The van der Waals surface area contributed by atoms with Crippen molar-refractivity contribution in [2.24, 2.45) is 4.99 Å². The Labute approximate surface area is 151 Å². The van der Waals surface area contributed by atoms with Crippen molar-refractivity contribution in [1.82, 2.24) is 14.9 Å². The number of hydrogen-bond donors (Lipinski definition) is 2. The third kappa shape index (κ3) is 5.71. The lowest BCUT2D eigenvalue weighted by Gasteiger charge is -2.16. The first kappa shape index (κ1) is 19.7. The lowest BCUT2D eigenvalue weighted by Crippen LogP contribution is -2.37. The highest BCUT2D eigenvalue weighted by Crippen LogP contribution is 2.21. The molecule has 2 N–H and O–H groups in total. The molecule has 2 rings (SSSR count). The van der Waals surface area contributed by atoms with Crippen LogP contribution in [0.1, 0.15) is 44.6 Å². The number of benzene rings is 1. The Morgan fingerprint density at radius 2 is 1.80 bits per heavy atom. The Balaban J connectivity index is 1.87. The maximum Gasteiger partial charge on any atom is 0.243 e. The standard InChI is InChI=1S/C18H30N4O2S/c1-3-4-5-12-20-18(19-2)21-15-16-8-10-17(11-9-16)25(23,24)22-13-6-7-14-22/h8-11H,3-7,12-15H2,1-2H3,(H2,19,20,21).